The Morgan fingerprint density at radius 2 is 2.00 bits per heavy atom. The van der Waals surface area contributed by atoms with E-state index in [2.05, 4.69) is 34.2 Å². The minimum Gasteiger partial charge on any atom is -0.492 e. The van der Waals surface area contributed by atoms with Gasteiger partial charge in [-0.1, -0.05) is 12.1 Å². The van der Waals surface area contributed by atoms with E-state index in [1.54, 1.807) is 0 Å². The Balaban J connectivity index is 1.51. The molecular weight excluding hydrogens is 396 g/mol. The second kappa shape index (κ2) is 12.5. The van der Waals surface area contributed by atoms with E-state index < -0.39 is 0 Å². The van der Waals surface area contributed by atoms with Gasteiger partial charge in [-0.05, 0) is 37.5 Å². The summed E-state index contributed by atoms with van der Waals surface area (Å²) in [7, 11) is 1.46. The number of morpholine rings is 1. The molecule has 0 spiro atoms. The predicted molar refractivity (Wildman–Crippen MR) is 120 cm³/mol. The van der Waals surface area contributed by atoms with Crippen molar-refractivity contribution in [3.8, 4) is 5.75 Å². The SMILES string of the molecule is CCNC(=NCc1cccc(OCCN2CCOCC2)c1)N1CCC(C(=O)OC)CC1. The molecule has 31 heavy (non-hydrogen) atoms. The lowest BCUT2D eigenvalue weighted by atomic mass is 9.97. The number of ether oxygens (including phenoxy) is 3. The van der Waals surface area contributed by atoms with E-state index in [0.29, 0.717) is 13.2 Å². The maximum absolute atomic E-state index is 11.8. The monoisotopic (exact) mass is 432 g/mol. The van der Waals surface area contributed by atoms with Gasteiger partial charge < -0.3 is 24.4 Å². The molecule has 0 saturated carbocycles. The van der Waals surface area contributed by atoms with Gasteiger partial charge in [0.1, 0.15) is 12.4 Å². The Hall–Kier alpha value is -2.32. The van der Waals surface area contributed by atoms with Gasteiger partial charge in [0.15, 0.2) is 5.96 Å². The summed E-state index contributed by atoms with van der Waals surface area (Å²) in [6.07, 6.45) is 1.59. The molecule has 0 amide bonds. The van der Waals surface area contributed by atoms with Crippen LogP contribution >= 0.6 is 0 Å². The van der Waals surface area contributed by atoms with Crippen LogP contribution in [0.2, 0.25) is 0 Å². The molecule has 0 radical (unpaired) electrons. The summed E-state index contributed by atoms with van der Waals surface area (Å²) in [6, 6.07) is 8.15. The van der Waals surface area contributed by atoms with E-state index in [1.165, 1.54) is 7.11 Å². The summed E-state index contributed by atoms with van der Waals surface area (Å²) < 4.78 is 16.2. The molecule has 8 nitrogen and oxygen atoms in total. The Bertz CT molecular complexity index is 713. The van der Waals surface area contributed by atoms with Crippen LogP contribution in [0.4, 0.5) is 0 Å². The number of nitrogens with zero attached hydrogens (tertiary/aromatic N) is 3. The number of carbonyl (C=O) groups excluding carboxylic acids is 1. The van der Waals surface area contributed by atoms with Crippen LogP contribution in [0, 0.1) is 5.92 Å². The van der Waals surface area contributed by atoms with Gasteiger partial charge in [-0.15, -0.1) is 0 Å². The lowest BCUT2D eigenvalue weighted by Gasteiger charge is -2.33. The zero-order valence-electron chi connectivity index (χ0n) is 18.8. The molecule has 1 N–H and O–H groups in total. The van der Waals surface area contributed by atoms with Crippen LogP contribution in [0.3, 0.4) is 0 Å². The highest BCUT2D eigenvalue weighted by Crippen LogP contribution is 2.19. The number of methoxy groups -OCH3 is 1. The fraction of sp³-hybridized carbons (Fsp3) is 0.652. The molecule has 2 aliphatic rings. The molecule has 0 atom stereocenters. The summed E-state index contributed by atoms with van der Waals surface area (Å²) >= 11 is 0. The van der Waals surface area contributed by atoms with Crippen LogP contribution in [0.1, 0.15) is 25.3 Å². The maximum Gasteiger partial charge on any atom is 0.308 e. The smallest absolute Gasteiger partial charge is 0.308 e. The number of likely N-dealkylation sites (tertiary alicyclic amines) is 1. The van der Waals surface area contributed by atoms with Crippen molar-refractivity contribution in [2.24, 2.45) is 10.9 Å². The highest BCUT2D eigenvalue weighted by molar-refractivity contribution is 5.80. The average Bonchev–Trinajstić information content (AvgIpc) is 2.82. The summed E-state index contributed by atoms with van der Waals surface area (Å²) in [6.45, 7) is 10.2. The van der Waals surface area contributed by atoms with Gasteiger partial charge in [-0.2, -0.15) is 0 Å². The second-order valence-electron chi connectivity index (χ2n) is 7.90. The predicted octanol–water partition coefficient (Wildman–Crippen LogP) is 1.75. The molecular formula is C23H36N4O4. The molecule has 2 saturated heterocycles. The summed E-state index contributed by atoms with van der Waals surface area (Å²) in [4.78, 5) is 21.2. The van der Waals surface area contributed by atoms with Gasteiger partial charge in [-0.3, -0.25) is 9.69 Å². The third-order valence-electron chi connectivity index (χ3n) is 5.75. The molecule has 172 valence electrons. The number of esters is 1. The first-order chi connectivity index (χ1) is 15.2. The van der Waals surface area contributed by atoms with Crippen LogP contribution in [-0.2, 0) is 20.8 Å². The van der Waals surface area contributed by atoms with Crippen molar-refractivity contribution in [1.29, 1.82) is 0 Å². The van der Waals surface area contributed by atoms with Gasteiger partial charge in [0.25, 0.3) is 0 Å². The number of guanidine groups is 1. The number of rotatable bonds is 8. The van der Waals surface area contributed by atoms with Gasteiger partial charge in [-0.25, -0.2) is 4.99 Å². The van der Waals surface area contributed by atoms with Crippen molar-refractivity contribution in [3.05, 3.63) is 29.8 Å². The average molecular weight is 433 g/mol. The molecule has 0 unspecified atom stereocenters. The second-order valence-corrected chi connectivity index (χ2v) is 7.90. The Morgan fingerprint density at radius 3 is 2.71 bits per heavy atom. The number of hydrogen-bond acceptors (Lipinski definition) is 6. The van der Waals surface area contributed by atoms with Crippen molar-refractivity contribution in [2.45, 2.75) is 26.3 Å². The quantitative estimate of drug-likeness (QED) is 0.381. The lowest BCUT2D eigenvalue weighted by Crippen LogP contribution is -2.46. The first-order valence-corrected chi connectivity index (χ1v) is 11.3. The number of piperidine rings is 1. The Labute approximate surface area is 185 Å². The molecule has 1 aromatic rings. The third kappa shape index (κ3) is 7.40. The van der Waals surface area contributed by atoms with Crippen LogP contribution in [-0.4, -0.2) is 87.9 Å². The van der Waals surface area contributed by atoms with Gasteiger partial charge >= 0.3 is 5.97 Å². The molecule has 0 bridgehead atoms. The van der Waals surface area contributed by atoms with Crippen LogP contribution < -0.4 is 10.1 Å². The molecule has 2 aliphatic heterocycles. The first kappa shape index (κ1) is 23.3. The fourth-order valence-electron chi connectivity index (χ4n) is 3.94. The molecule has 1 aromatic carbocycles. The van der Waals surface area contributed by atoms with Crippen LogP contribution in [0.5, 0.6) is 5.75 Å². The van der Waals surface area contributed by atoms with E-state index in [-0.39, 0.29) is 11.9 Å². The number of aliphatic imine (C=N–C) groups is 1. The molecule has 2 heterocycles. The molecule has 8 heteroatoms. The topological polar surface area (TPSA) is 75.6 Å². The molecule has 0 aliphatic carbocycles. The van der Waals surface area contributed by atoms with Crippen molar-refractivity contribution >= 4 is 11.9 Å². The van der Waals surface area contributed by atoms with E-state index in [0.717, 1.165) is 82.6 Å². The highest BCUT2D eigenvalue weighted by Gasteiger charge is 2.26. The number of benzene rings is 1. The normalized spacial score (nSPS) is 18.6. The maximum atomic E-state index is 11.8. The molecule has 2 fully saturated rings. The zero-order valence-corrected chi connectivity index (χ0v) is 18.8. The number of nitrogens with one attached hydrogen (secondary N) is 1. The van der Waals surface area contributed by atoms with Gasteiger partial charge in [0.2, 0.25) is 0 Å². The first-order valence-electron chi connectivity index (χ1n) is 11.3. The largest absolute Gasteiger partial charge is 0.492 e. The Morgan fingerprint density at radius 1 is 1.23 bits per heavy atom. The third-order valence-corrected chi connectivity index (χ3v) is 5.75. The minimum absolute atomic E-state index is 0.00424. The van der Waals surface area contributed by atoms with E-state index in [9.17, 15) is 4.79 Å². The lowest BCUT2D eigenvalue weighted by molar-refractivity contribution is -0.146. The fourth-order valence-corrected chi connectivity index (χ4v) is 3.94. The van der Waals surface area contributed by atoms with Gasteiger partial charge in [0.05, 0.1) is 32.8 Å². The summed E-state index contributed by atoms with van der Waals surface area (Å²) in [5.41, 5.74) is 1.11. The van der Waals surface area contributed by atoms with Crippen LogP contribution in [0.15, 0.2) is 29.3 Å². The van der Waals surface area contributed by atoms with Gasteiger partial charge in [0, 0.05) is 39.3 Å². The summed E-state index contributed by atoms with van der Waals surface area (Å²) in [5, 5.41) is 3.38. The zero-order chi connectivity index (χ0) is 21.9. The number of hydrogen-bond donors (Lipinski definition) is 1. The van der Waals surface area contributed by atoms with Crippen LogP contribution in [0.25, 0.3) is 0 Å². The number of carbonyl (C=O) groups is 1. The highest BCUT2D eigenvalue weighted by atomic mass is 16.5. The van der Waals surface area contributed by atoms with E-state index in [1.807, 2.05) is 12.1 Å². The van der Waals surface area contributed by atoms with Crippen molar-refractivity contribution in [1.82, 2.24) is 15.1 Å². The molecule has 0 aromatic heterocycles. The van der Waals surface area contributed by atoms with Crippen molar-refractivity contribution in [2.75, 3.05) is 66.2 Å². The standard InChI is InChI=1S/C23H36N4O4/c1-3-24-23(27-9-7-20(8-10-27)22(28)29-2)25-18-19-5-4-6-21(17-19)31-16-13-26-11-14-30-15-12-26/h4-6,17,20H,3,7-16,18H2,1-2H3,(H,24,25). The van der Waals surface area contributed by atoms with Crippen molar-refractivity contribution < 1.29 is 19.0 Å². The minimum atomic E-state index is -0.105. The molecule has 3 rings (SSSR count). The summed E-state index contributed by atoms with van der Waals surface area (Å²) in [5.74, 6) is 1.66. The van der Waals surface area contributed by atoms with E-state index in [4.69, 9.17) is 19.2 Å². The van der Waals surface area contributed by atoms with E-state index >= 15 is 0 Å². The van der Waals surface area contributed by atoms with Crippen molar-refractivity contribution in [3.63, 3.8) is 0 Å². The Kier molecular flexibility index (Phi) is 9.42.